The van der Waals surface area contributed by atoms with Crippen LogP contribution < -0.4 is 0 Å². The summed E-state index contributed by atoms with van der Waals surface area (Å²) in [5, 5.41) is 10.2. The molecule has 0 aromatic heterocycles. The molecule has 2 amide bonds. The first-order valence-corrected chi connectivity index (χ1v) is 9.10. The van der Waals surface area contributed by atoms with Crippen molar-refractivity contribution in [3.63, 3.8) is 0 Å². The molecule has 1 N–H and O–H groups in total. The molecule has 2 aromatic rings. The third-order valence-corrected chi connectivity index (χ3v) is 4.58. The molecule has 0 radical (unpaired) electrons. The van der Waals surface area contributed by atoms with Crippen LogP contribution in [0.1, 0.15) is 11.1 Å². The van der Waals surface area contributed by atoms with Crippen LogP contribution >= 0.6 is 0 Å². The van der Waals surface area contributed by atoms with E-state index in [1.807, 2.05) is 60.7 Å². The number of rotatable bonds is 8. The van der Waals surface area contributed by atoms with E-state index in [4.69, 9.17) is 9.47 Å². The number of hydrogen-bond donors (Lipinski definition) is 1. The van der Waals surface area contributed by atoms with E-state index in [2.05, 4.69) is 6.58 Å². The van der Waals surface area contributed by atoms with Crippen LogP contribution in [-0.2, 0) is 27.3 Å². The minimum Gasteiger partial charge on any atom is -0.447 e. The number of amides is 2. The van der Waals surface area contributed by atoms with Crippen molar-refractivity contribution >= 4 is 12.0 Å². The van der Waals surface area contributed by atoms with Crippen molar-refractivity contribution in [2.45, 2.75) is 31.3 Å². The van der Waals surface area contributed by atoms with Gasteiger partial charge in [0.25, 0.3) is 5.91 Å². The average molecular weight is 381 g/mol. The topological polar surface area (TPSA) is 76.1 Å². The monoisotopic (exact) mass is 381 g/mol. The maximum absolute atomic E-state index is 13.1. The third-order valence-electron chi connectivity index (χ3n) is 4.58. The van der Waals surface area contributed by atoms with E-state index < -0.39 is 30.3 Å². The molecule has 3 rings (SSSR count). The SMILES string of the molecule is C=C[C@H](O)[C@@H](OCc1ccccc1)C(=O)N1C(=O)OC[C@H]1Cc1ccccc1. The maximum Gasteiger partial charge on any atom is 0.417 e. The Balaban J connectivity index is 1.75. The Morgan fingerprint density at radius 2 is 1.79 bits per heavy atom. The van der Waals surface area contributed by atoms with Crippen LogP contribution in [0, 0.1) is 0 Å². The average Bonchev–Trinajstić information content (AvgIpc) is 3.09. The first-order valence-electron chi connectivity index (χ1n) is 9.10. The summed E-state index contributed by atoms with van der Waals surface area (Å²) in [7, 11) is 0. The molecule has 0 bridgehead atoms. The number of cyclic esters (lactones) is 1. The zero-order valence-electron chi connectivity index (χ0n) is 15.4. The highest BCUT2D eigenvalue weighted by Gasteiger charge is 2.42. The Morgan fingerprint density at radius 1 is 1.18 bits per heavy atom. The molecule has 1 aliphatic heterocycles. The van der Waals surface area contributed by atoms with Gasteiger partial charge in [-0.1, -0.05) is 66.7 Å². The zero-order valence-corrected chi connectivity index (χ0v) is 15.4. The van der Waals surface area contributed by atoms with E-state index in [-0.39, 0.29) is 13.2 Å². The highest BCUT2D eigenvalue weighted by molar-refractivity contribution is 5.96. The molecule has 3 atom stereocenters. The first-order chi connectivity index (χ1) is 13.6. The van der Waals surface area contributed by atoms with E-state index in [1.54, 1.807) is 0 Å². The lowest BCUT2D eigenvalue weighted by Gasteiger charge is -2.27. The molecule has 1 heterocycles. The van der Waals surface area contributed by atoms with E-state index in [9.17, 15) is 14.7 Å². The molecular formula is C22H23NO5. The summed E-state index contributed by atoms with van der Waals surface area (Å²) in [6.45, 7) is 3.76. The summed E-state index contributed by atoms with van der Waals surface area (Å²) in [4.78, 5) is 26.3. The largest absolute Gasteiger partial charge is 0.447 e. The van der Waals surface area contributed by atoms with Crippen molar-refractivity contribution in [3.05, 3.63) is 84.4 Å². The Bertz CT molecular complexity index is 808. The molecule has 6 nitrogen and oxygen atoms in total. The second-order valence-electron chi connectivity index (χ2n) is 6.57. The molecule has 1 aliphatic rings. The predicted molar refractivity (Wildman–Crippen MR) is 103 cm³/mol. The number of carbonyl (C=O) groups is 2. The number of aliphatic hydroxyl groups excluding tert-OH is 1. The third kappa shape index (κ3) is 4.65. The number of carbonyl (C=O) groups excluding carboxylic acids is 2. The van der Waals surface area contributed by atoms with Crippen LogP contribution in [0.25, 0.3) is 0 Å². The molecule has 0 spiro atoms. The number of benzene rings is 2. The first kappa shape index (κ1) is 19.8. The van der Waals surface area contributed by atoms with Crippen molar-refractivity contribution in [3.8, 4) is 0 Å². The summed E-state index contributed by atoms with van der Waals surface area (Å²) in [6, 6.07) is 18.4. The van der Waals surface area contributed by atoms with Crippen LogP contribution in [0.4, 0.5) is 4.79 Å². The summed E-state index contributed by atoms with van der Waals surface area (Å²) < 4.78 is 10.8. The summed E-state index contributed by atoms with van der Waals surface area (Å²) >= 11 is 0. The fourth-order valence-electron chi connectivity index (χ4n) is 3.10. The van der Waals surface area contributed by atoms with Crippen LogP contribution in [0.2, 0.25) is 0 Å². The normalized spacial score (nSPS) is 18.4. The van der Waals surface area contributed by atoms with Gasteiger partial charge in [0, 0.05) is 0 Å². The quantitative estimate of drug-likeness (QED) is 0.712. The summed E-state index contributed by atoms with van der Waals surface area (Å²) in [6.07, 6.45) is -1.53. The lowest BCUT2D eigenvalue weighted by atomic mass is 10.0. The Hall–Kier alpha value is -2.96. The van der Waals surface area contributed by atoms with Gasteiger partial charge in [-0.25, -0.2) is 9.69 Å². The van der Waals surface area contributed by atoms with Gasteiger partial charge >= 0.3 is 6.09 Å². The second kappa shape index (κ2) is 9.30. The number of nitrogens with zero attached hydrogens (tertiary/aromatic N) is 1. The van der Waals surface area contributed by atoms with Crippen molar-refractivity contribution in [2.24, 2.45) is 0 Å². The maximum atomic E-state index is 13.1. The fraction of sp³-hybridized carbons (Fsp3) is 0.273. The van der Waals surface area contributed by atoms with Crippen molar-refractivity contribution in [1.82, 2.24) is 4.90 Å². The molecule has 2 aromatic carbocycles. The van der Waals surface area contributed by atoms with E-state index in [1.165, 1.54) is 6.08 Å². The summed E-state index contributed by atoms with van der Waals surface area (Å²) in [5.74, 6) is -0.633. The van der Waals surface area contributed by atoms with Gasteiger partial charge in [-0.05, 0) is 17.5 Å². The summed E-state index contributed by atoms with van der Waals surface area (Å²) in [5.41, 5.74) is 1.83. The molecule has 0 aliphatic carbocycles. The lowest BCUT2D eigenvalue weighted by molar-refractivity contribution is -0.148. The van der Waals surface area contributed by atoms with Crippen molar-refractivity contribution in [2.75, 3.05) is 6.61 Å². The molecule has 6 heteroatoms. The van der Waals surface area contributed by atoms with E-state index in [0.717, 1.165) is 16.0 Å². The molecule has 1 fully saturated rings. The van der Waals surface area contributed by atoms with Crippen LogP contribution in [0.3, 0.4) is 0 Å². The van der Waals surface area contributed by atoms with Gasteiger partial charge in [0.05, 0.1) is 12.6 Å². The van der Waals surface area contributed by atoms with Gasteiger partial charge in [-0.3, -0.25) is 4.79 Å². The van der Waals surface area contributed by atoms with E-state index in [0.29, 0.717) is 6.42 Å². The molecule has 28 heavy (non-hydrogen) atoms. The van der Waals surface area contributed by atoms with Gasteiger partial charge in [-0.15, -0.1) is 6.58 Å². The number of hydrogen-bond acceptors (Lipinski definition) is 5. The molecule has 0 unspecified atom stereocenters. The van der Waals surface area contributed by atoms with Gasteiger partial charge < -0.3 is 14.6 Å². The number of imide groups is 1. The molecule has 1 saturated heterocycles. The number of ether oxygens (including phenoxy) is 2. The van der Waals surface area contributed by atoms with Crippen molar-refractivity contribution in [1.29, 1.82) is 0 Å². The fourth-order valence-corrected chi connectivity index (χ4v) is 3.10. The van der Waals surface area contributed by atoms with Gasteiger partial charge in [0.1, 0.15) is 12.7 Å². The van der Waals surface area contributed by atoms with Gasteiger partial charge in [-0.2, -0.15) is 0 Å². The standard InChI is InChI=1S/C22H23NO5/c1-2-19(24)20(27-14-17-11-7-4-8-12-17)21(25)23-18(15-28-22(23)26)13-16-9-5-3-6-10-16/h2-12,18-20,24H,1,13-15H2/t18-,19+,20-/m1/s1. The second-order valence-corrected chi connectivity index (χ2v) is 6.57. The molecular weight excluding hydrogens is 358 g/mol. The Kier molecular flexibility index (Phi) is 6.57. The predicted octanol–water partition coefficient (Wildman–Crippen LogP) is 2.71. The van der Waals surface area contributed by atoms with Crippen molar-refractivity contribution < 1.29 is 24.2 Å². The highest BCUT2D eigenvalue weighted by atomic mass is 16.6. The zero-order chi connectivity index (χ0) is 19.9. The smallest absolute Gasteiger partial charge is 0.417 e. The minimum atomic E-state index is -1.25. The van der Waals surface area contributed by atoms with Crippen LogP contribution in [0.5, 0.6) is 0 Å². The number of aliphatic hydroxyl groups is 1. The molecule has 0 saturated carbocycles. The van der Waals surface area contributed by atoms with Crippen LogP contribution in [-0.4, -0.2) is 46.9 Å². The Labute approximate surface area is 164 Å². The van der Waals surface area contributed by atoms with Gasteiger partial charge in [0.2, 0.25) is 0 Å². The highest BCUT2D eigenvalue weighted by Crippen LogP contribution is 2.21. The Morgan fingerprint density at radius 3 is 2.39 bits per heavy atom. The van der Waals surface area contributed by atoms with Crippen LogP contribution in [0.15, 0.2) is 73.3 Å². The van der Waals surface area contributed by atoms with Gasteiger partial charge in [0.15, 0.2) is 6.10 Å². The molecule has 146 valence electrons. The van der Waals surface area contributed by atoms with E-state index >= 15 is 0 Å². The lowest BCUT2D eigenvalue weighted by Crippen LogP contribution is -2.50. The minimum absolute atomic E-state index is 0.106.